The minimum atomic E-state index is -3.65. The number of carbonyl (C=O) groups is 2. The van der Waals surface area contributed by atoms with Gasteiger partial charge >= 0.3 is 0 Å². The van der Waals surface area contributed by atoms with Crippen LogP contribution in [0.3, 0.4) is 0 Å². The lowest BCUT2D eigenvalue weighted by Gasteiger charge is -2.36. The molecule has 10 heteroatoms. The van der Waals surface area contributed by atoms with Gasteiger partial charge in [0.05, 0.1) is 21.6 Å². The van der Waals surface area contributed by atoms with Crippen molar-refractivity contribution >= 4 is 56.4 Å². The van der Waals surface area contributed by atoms with E-state index in [4.69, 9.17) is 11.6 Å². The van der Waals surface area contributed by atoms with Crippen LogP contribution in [-0.2, 0) is 19.4 Å². The van der Waals surface area contributed by atoms with Crippen molar-refractivity contribution in [2.24, 2.45) is 0 Å². The fraction of sp³-hybridized carbons (Fsp3) is 0.364. The highest BCUT2D eigenvalue weighted by Gasteiger charge is 2.27. The van der Waals surface area contributed by atoms with Gasteiger partial charge in [0, 0.05) is 48.2 Å². The molecule has 1 atom stereocenters. The smallest absolute Gasteiger partial charge is 0.237 e. The predicted octanol–water partition coefficient (Wildman–Crippen LogP) is 3.29. The molecule has 1 fully saturated rings. The standard InChI is InChI=1S/C22H24ClN3O4S2/c1-15-22(28)24-19-14-18(5-6-20(19)31-15)32(29,30)12-7-21(27)26-10-8-25(9-11-26)17-4-2-3-16(23)13-17/h2-6,13-15H,7-12H2,1H3,(H,24,28)/t15-/m1/s1. The minimum absolute atomic E-state index is 0.0747. The number of piperazine rings is 1. The number of fused-ring (bicyclic) bond motifs is 1. The molecule has 2 aliphatic rings. The number of rotatable bonds is 5. The van der Waals surface area contributed by atoms with Crippen molar-refractivity contribution in [2.45, 2.75) is 28.4 Å². The van der Waals surface area contributed by atoms with Crippen LogP contribution in [0, 0.1) is 0 Å². The number of hydrogen-bond donors (Lipinski definition) is 1. The Morgan fingerprint density at radius 1 is 1.16 bits per heavy atom. The Balaban J connectivity index is 1.34. The molecule has 1 N–H and O–H groups in total. The number of sulfone groups is 1. The lowest BCUT2D eigenvalue weighted by atomic mass is 10.2. The Labute approximate surface area is 197 Å². The van der Waals surface area contributed by atoms with E-state index in [1.807, 2.05) is 24.3 Å². The monoisotopic (exact) mass is 493 g/mol. The number of anilines is 2. The van der Waals surface area contributed by atoms with E-state index in [0.29, 0.717) is 36.9 Å². The first-order valence-corrected chi connectivity index (χ1v) is 13.3. The lowest BCUT2D eigenvalue weighted by Crippen LogP contribution is -2.49. The van der Waals surface area contributed by atoms with Gasteiger partial charge in [0.25, 0.3) is 0 Å². The molecule has 0 unspecified atom stereocenters. The third-order valence-corrected chi connectivity index (χ3v) is 8.76. The van der Waals surface area contributed by atoms with E-state index in [2.05, 4.69) is 10.2 Å². The number of thioether (sulfide) groups is 1. The molecule has 170 valence electrons. The molecule has 0 spiro atoms. The molecule has 2 aromatic rings. The normalized spacial score (nSPS) is 18.8. The maximum absolute atomic E-state index is 12.8. The molecule has 2 aromatic carbocycles. The molecule has 0 radical (unpaired) electrons. The van der Waals surface area contributed by atoms with Crippen LogP contribution in [0.4, 0.5) is 11.4 Å². The Morgan fingerprint density at radius 2 is 1.91 bits per heavy atom. The topological polar surface area (TPSA) is 86.8 Å². The summed E-state index contributed by atoms with van der Waals surface area (Å²) in [7, 11) is -3.65. The average Bonchev–Trinajstić information content (AvgIpc) is 2.78. The van der Waals surface area contributed by atoms with E-state index in [-0.39, 0.29) is 34.1 Å². The van der Waals surface area contributed by atoms with Gasteiger partial charge in [-0.1, -0.05) is 17.7 Å². The third kappa shape index (κ3) is 5.05. The number of benzene rings is 2. The van der Waals surface area contributed by atoms with Crippen LogP contribution in [-0.4, -0.2) is 62.3 Å². The van der Waals surface area contributed by atoms with Crippen LogP contribution in [0.1, 0.15) is 13.3 Å². The summed E-state index contributed by atoms with van der Waals surface area (Å²) in [4.78, 5) is 29.4. The zero-order chi connectivity index (χ0) is 22.9. The molecule has 0 aromatic heterocycles. The maximum Gasteiger partial charge on any atom is 0.237 e. The molecular formula is C22H24ClN3O4S2. The van der Waals surface area contributed by atoms with Crippen LogP contribution in [0.2, 0.25) is 5.02 Å². The van der Waals surface area contributed by atoms with E-state index in [1.165, 1.54) is 17.8 Å². The highest BCUT2D eigenvalue weighted by molar-refractivity contribution is 8.01. The zero-order valence-electron chi connectivity index (χ0n) is 17.6. The van der Waals surface area contributed by atoms with Crippen molar-refractivity contribution in [2.75, 3.05) is 42.1 Å². The third-order valence-electron chi connectivity index (χ3n) is 5.63. The van der Waals surface area contributed by atoms with Gasteiger partial charge in [-0.25, -0.2) is 8.42 Å². The SMILES string of the molecule is C[C@H]1Sc2ccc(S(=O)(=O)CCC(=O)N3CCN(c4cccc(Cl)c4)CC3)cc2NC1=O. The Morgan fingerprint density at radius 3 is 2.62 bits per heavy atom. The number of nitrogens with one attached hydrogen (secondary N) is 1. The Kier molecular flexibility index (Phi) is 6.69. The van der Waals surface area contributed by atoms with Crippen molar-refractivity contribution in [3.63, 3.8) is 0 Å². The van der Waals surface area contributed by atoms with Crippen LogP contribution in [0.15, 0.2) is 52.3 Å². The van der Waals surface area contributed by atoms with Crippen LogP contribution in [0.5, 0.6) is 0 Å². The summed E-state index contributed by atoms with van der Waals surface area (Å²) in [6, 6.07) is 12.3. The summed E-state index contributed by atoms with van der Waals surface area (Å²) in [6.07, 6.45) is -0.0747. The fourth-order valence-electron chi connectivity index (χ4n) is 3.77. The Bertz CT molecular complexity index is 1150. The van der Waals surface area contributed by atoms with Crippen molar-refractivity contribution in [3.8, 4) is 0 Å². The fourth-order valence-corrected chi connectivity index (χ4v) is 6.13. The second-order valence-corrected chi connectivity index (χ2v) is 11.8. The second kappa shape index (κ2) is 9.33. The van der Waals surface area contributed by atoms with E-state index in [0.717, 1.165) is 10.6 Å². The molecule has 4 rings (SSSR count). The molecule has 0 saturated carbocycles. The van der Waals surface area contributed by atoms with Gasteiger partial charge in [-0.05, 0) is 43.3 Å². The van der Waals surface area contributed by atoms with E-state index < -0.39 is 9.84 Å². The van der Waals surface area contributed by atoms with Crippen LogP contribution < -0.4 is 10.2 Å². The van der Waals surface area contributed by atoms with E-state index in [1.54, 1.807) is 24.0 Å². The van der Waals surface area contributed by atoms with Gasteiger partial charge in [0.2, 0.25) is 11.8 Å². The van der Waals surface area contributed by atoms with Gasteiger partial charge in [-0.2, -0.15) is 0 Å². The molecule has 1 saturated heterocycles. The van der Waals surface area contributed by atoms with Crippen molar-refractivity contribution in [1.29, 1.82) is 0 Å². The first-order valence-electron chi connectivity index (χ1n) is 10.4. The number of hydrogen-bond acceptors (Lipinski definition) is 6. The molecule has 7 nitrogen and oxygen atoms in total. The van der Waals surface area contributed by atoms with Gasteiger partial charge in [-0.3, -0.25) is 9.59 Å². The second-order valence-electron chi connectivity index (χ2n) is 7.82. The molecule has 0 aliphatic carbocycles. The zero-order valence-corrected chi connectivity index (χ0v) is 20.0. The number of halogens is 1. The highest BCUT2D eigenvalue weighted by atomic mass is 35.5. The van der Waals surface area contributed by atoms with Crippen molar-refractivity contribution in [1.82, 2.24) is 4.90 Å². The van der Waals surface area contributed by atoms with Crippen molar-refractivity contribution < 1.29 is 18.0 Å². The van der Waals surface area contributed by atoms with E-state index >= 15 is 0 Å². The Hall–Kier alpha value is -2.23. The van der Waals surface area contributed by atoms with Gasteiger partial charge < -0.3 is 15.1 Å². The van der Waals surface area contributed by atoms with E-state index in [9.17, 15) is 18.0 Å². The molecule has 32 heavy (non-hydrogen) atoms. The van der Waals surface area contributed by atoms with Gasteiger partial charge in [-0.15, -0.1) is 11.8 Å². The van der Waals surface area contributed by atoms with Crippen LogP contribution in [0.25, 0.3) is 0 Å². The first-order chi connectivity index (χ1) is 15.2. The van der Waals surface area contributed by atoms with Gasteiger partial charge in [0.15, 0.2) is 9.84 Å². The first kappa shape index (κ1) is 22.9. The lowest BCUT2D eigenvalue weighted by molar-refractivity contribution is -0.131. The summed E-state index contributed by atoms with van der Waals surface area (Å²) >= 11 is 7.46. The van der Waals surface area contributed by atoms with Crippen molar-refractivity contribution in [3.05, 3.63) is 47.5 Å². The quantitative estimate of drug-likeness (QED) is 0.687. The molecule has 2 aliphatic heterocycles. The molecule has 0 bridgehead atoms. The summed E-state index contributed by atoms with van der Waals surface area (Å²) in [5.41, 5.74) is 1.52. The van der Waals surface area contributed by atoms with Crippen LogP contribution >= 0.6 is 23.4 Å². The summed E-state index contributed by atoms with van der Waals surface area (Å²) < 4.78 is 25.6. The van der Waals surface area contributed by atoms with Gasteiger partial charge in [0.1, 0.15) is 0 Å². The molecule has 2 amide bonds. The summed E-state index contributed by atoms with van der Waals surface area (Å²) in [6.45, 7) is 4.20. The number of carbonyl (C=O) groups excluding carboxylic acids is 2. The minimum Gasteiger partial charge on any atom is -0.368 e. The number of nitrogens with zero attached hydrogens (tertiary/aromatic N) is 2. The average molecular weight is 494 g/mol. The summed E-state index contributed by atoms with van der Waals surface area (Å²) in [5.74, 6) is -0.588. The molecular weight excluding hydrogens is 470 g/mol. The highest BCUT2D eigenvalue weighted by Crippen LogP contribution is 2.37. The predicted molar refractivity (Wildman–Crippen MR) is 127 cm³/mol. The largest absolute Gasteiger partial charge is 0.368 e. The maximum atomic E-state index is 12.8. The number of amides is 2. The molecule has 2 heterocycles. The summed E-state index contributed by atoms with van der Waals surface area (Å²) in [5, 5.41) is 3.19.